The van der Waals surface area contributed by atoms with E-state index in [0.717, 1.165) is 5.56 Å². The number of urea groups is 1. The van der Waals surface area contributed by atoms with Crippen molar-refractivity contribution in [1.29, 1.82) is 0 Å². The topological polar surface area (TPSA) is 69.6 Å². The Morgan fingerprint density at radius 1 is 1.45 bits per heavy atom. The van der Waals surface area contributed by atoms with Crippen molar-refractivity contribution in [3.63, 3.8) is 0 Å². The summed E-state index contributed by atoms with van der Waals surface area (Å²) in [5, 5.41) is 12.1. The number of rotatable bonds is 6. The first kappa shape index (κ1) is 16.3. The lowest BCUT2D eigenvalue weighted by atomic mass is 10.1. The van der Waals surface area contributed by atoms with Crippen LogP contribution in [0.2, 0.25) is 5.02 Å². The fourth-order valence-electron chi connectivity index (χ4n) is 1.77. The van der Waals surface area contributed by atoms with Crippen molar-refractivity contribution in [1.82, 2.24) is 10.2 Å². The van der Waals surface area contributed by atoms with E-state index in [1.54, 1.807) is 19.2 Å². The molecule has 0 aliphatic carbocycles. The van der Waals surface area contributed by atoms with Gasteiger partial charge in [-0.2, -0.15) is 0 Å². The van der Waals surface area contributed by atoms with Gasteiger partial charge in [-0.05, 0) is 24.1 Å². The average molecular weight is 299 g/mol. The minimum absolute atomic E-state index is 0.0761. The highest BCUT2D eigenvalue weighted by atomic mass is 35.5. The van der Waals surface area contributed by atoms with Gasteiger partial charge < -0.3 is 15.3 Å². The number of amides is 2. The van der Waals surface area contributed by atoms with E-state index >= 15 is 0 Å². The smallest absolute Gasteiger partial charge is 0.317 e. The summed E-state index contributed by atoms with van der Waals surface area (Å²) in [6.07, 6.45) is 0.496. The molecule has 0 aromatic heterocycles. The lowest BCUT2D eigenvalue weighted by Gasteiger charge is -2.22. The molecule has 1 aromatic carbocycles. The molecule has 0 aliphatic heterocycles. The number of nitrogens with zero attached hydrogens (tertiary/aromatic N) is 1. The molecule has 5 nitrogen and oxygen atoms in total. The molecule has 110 valence electrons. The summed E-state index contributed by atoms with van der Waals surface area (Å²) in [7, 11) is 1.66. The number of aliphatic carboxylic acids is 1. The molecule has 2 amide bonds. The second-order valence-electron chi connectivity index (χ2n) is 4.64. The van der Waals surface area contributed by atoms with Crippen molar-refractivity contribution in [2.45, 2.75) is 32.4 Å². The molecular weight excluding hydrogens is 280 g/mol. The lowest BCUT2D eigenvalue weighted by molar-refractivity contribution is -0.137. The predicted octanol–water partition coefficient (Wildman–Crippen LogP) is 2.73. The van der Waals surface area contributed by atoms with Gasteiger partial charge in [-0.1, -0.05) is 30.7 Å². The molecular formula is C14H19ClN2O3. The van der Waals surface area contributed by atoms with E-state index in [4.69, 9.17) is 16.7 Å². The van der Waals surface area contributed by atoms with Crippen LogP contribution in [0, 0.1) is 0 Å². The van der Waals surface area contributed by atoms with Gasteiger partial charge in [0.1, 0.15) is 0 Å². The quantitative estimate of drug-likeness (QED) is 0.848. The van der Waals surface area contributed by atoms with Crippen LogP contribution in [0.15, 0.2) is 24.3 Å². The Hall–Kier alpha value is -1.75. The number of carboxylic acids is 1. The average Bonchev–Trinajstić information content (AvgIpc) is 2.37. The van der Waals surface area contributed by atoms with E-state index in [1.807, 2.05) is 19.1 Å². The van der Waals surface area contributed by atoms with Crippen LogP contribution >= 0.6 is 11.6 Å². The number of carbonyl (C=O) groups is 2. The van der Waals surface area contributed by atoms with E-state index < -0.39 is 5.97 Å². The minimum atomic E-state index is -0.922. The van der Waals surface area contributed by atoms with Crippen molar-refractivity contribution < 1.29 is 14.7 Å². The zero-order chi connectivity index (χ0) is 15.1. The standard InChI is InChI=1S/C14H19ClN2O3/c1-3-12(8-13(18)19)16-14(20)17(2)9-10-5-4-6-11(15)7-10/h4-7,12H,3,8-9H2,1-2H3,(H,16,20)(H,18,19). The molecule has 0 heterocycles. The number of halogens is 1. The fraction of sp³-hybridized carbons (Fsp3) is 0.429. The number of carboxylic acid groups (broad SMARTS) is 1. The van der Waals surface area contributed by atoms with Crippen LogP contribution in [0.1, 0.15) is 25.3 Å². The third-order valence-corrected chi connectivity index (χ3v) is 3.13. The summed E-state index contributed by atoms with van der Waals surface area (Å²) in [4.78, 5) is 24.1. The van der Waals surface area contributed by atoms with E-state index in [2.05, 4.69) is 5.32 Å². The molecule has 1 atom stereocenters. The van der Waals surface area contributed by atoms with Crippen LogP contribution in [-0.4, -0.2) is 35.1 Å². The molecule has 20 heavy (non-hydrogen) atoms. The highest BCUT2D eigenvalue weighted by Gasteiger charge is 2.16. The molecule has 0 aliphatic rings. The molecule has 1 aromatic rings. The maximum Gasteiger partial charge on any atom is 0.317 e. The molecule has 1 rings (SSSR count). The monoisotopic (exact) mass is 298 g/mol. The Bertz CT molecular complexity index is 479. The van der Waals surface area contributed by atoms with Gasteiger partial charge in [0, 0.05) is 24.7 Å². The highest BCUT2D eigenvalue weighted by molar-refractivity contribution is 6.30. The van der Waals surface area contributed by atoms with Crippen LogP contribution in [0.5, 0.6) is 0 Å². The number of nitrogens with one attached hydrogen (secondary N) is 1. The number of benzene rings is 1. The molecule has 0 spiro atoms. The number of hydrogen-bond acceptors (Lipinski definition) is 2. The third kappa shape index (κ3) is 5.48. The number of carbonyl (C=O) groups excluding carboxylic acids is 1. The molecule has 0 radical (unpaired) electrons. The summed E-state index contributed by atoms with van der Waals surface area (Å²) in [6.45, 7) is 2.25. The zero-order valence-electron chi connectivity index (χ0n) is 11.6. The number of hydrogen-bond donors (Lipinski definition) is 2. The molecule has 0 saturated heterocycles. The normalized spacial score (nSPS) is 11.8. The van der Waals surface area contributed by atoms with Crippen LogP contribution < -0.4 is 5.32 Å². The third-order valence-electron chi connectivity index (χ3n) is 2.90. The van der Waals surface area contributed by atoms with Crippen LogP contribution in [0.25, 0.3) is 0 Å². The zero-order valence-corrected chi connectivity index (χ0v) is 12.4. The van der Waals surface area contributed by atoms with Crippen molar-refractivity contribution in [3.8, 4) is 0 Å². The first-order chi connectivity index (χ1) is 9.42. The predicted molar refractivity (Wildman–Crippen MR) is 77.8 cm³/mol. The summed E-state index contributed by atoms with van der Waals surface area (Å²) < 4.78 is 0. The van der Waals surface area contributed by atoms with Crippen LogP contribution in [0.3, 0.4) is 0 Å². The van der Waals surface area contributed by atoms with Gasteiger partial charge in [-0.3, -0.25) is 4.79 Å². The van der Waals surface area contributed by atoms with Crippen molar-refractivity contribution in [2.24, 2.45) is 0 Å². The molecule has 2 N–H and O–H groups in total. The SMILES string of the molecule is CCC(CC(=O)O)NC(=O)N(C)Cc1cccc(Cl)c1. The van der Waals surface area contributed by atoms with Crippen LogP contribution in [-0.2, 0) is 11.3 Å². The fourth-order valence-corrected chi connectivity index (χ4v) is 1.99. The van der Waals surface area contributed by atoms with Gasteiger partial charge in [-0.15, -0.1) is 0 Å². The summed E-state index contributed by atoms with van der Waals surface area (Å²) in [5.74, 6) is -0.922. The van der Waals surface area contributed by atoms with Crippen molar-refractivity contribution >= 4 is 23.6 Å². The highest BCUT2D eigenvalue weighted by Crippen LogP contribution is 2.12. The molecule has 0 bridgehead atoms. The lowest BCUT2D eigenvalue weighted by Crippen LogP contribution is -2.43. The molecule has 1 unspecified atom stereocenters. The van der Waals surface area contributed by atoms with Gasteiger partial charge in [0.2, 0.25) is 0 Å². The van der Waals surface area contributed by atoms with Crippen LogP contribution in [0.4, 0.5) is 4.79 Å². The van der Waals surface area contributed by atoms with Gasteiger partial charge in [0.25, 0.3) is 0 Å². The minimum Gasteiger partial charge on any atom is -0.481 e. The molecule has 0 fully saturated rings. The van der Waals surface area contributed by atoms with Gasteiger partial charge in [-0.25, -0.2) is 4.79 Å². The molecule has 6 heteroatoms. The Morgan fingerprint density at radius 2 is 2.15 bits per heavy atom. The Balaban J connectivity index is 2.56. The van der Waals surface area contributed by atoms with E-state index in [9.17, 15) is 9.59 Å². The largest absolute Gasteiger partial charge is 0.481 e. The Morgan fingerprint density at radius 3 is 2.70 bits per heavy atom. The van der Waals surface area contributed by atoms with Gasteiger partial charge in [0.05, 0.1) is 6.42 Å². The van der Waals surface area contributed by atoms with E-state index in [0.29, 0.717) is 18.0 Å². The Kier molecular flexibility index (Phi) is 6.31. The molecule has 0 saturated carbocycles. The maximum absolute atomic E-state index is 12.0. The second kappa shape index (κ2) is 7.75. The maximum atomic E-state index is 12.0. The Labute approximate surface area is 123 Å². The van der Waals surface area contributed by atoms with Crippen molar-refractivity contribution in [3.05, 3.63) is 34.9 Å². The van der Waals surface area contributed by atoms with Crippen molar-refractivity contribution in [2.75, 3.05) is 7.05 Å². The first-order valence-corrected chi connectivity index (χ1v) is 6.78. The van der Waals surface area contributed by atoms with Gasteiger partial charge in [0.15, 0.2) is 0 Å². The summed E-state index contributed by atoms with van der Waals surface area (Å²) >= 11 is 5.89. The van der Waals surface area contributed by atoms with Gasteiger partial charge >= 0.3 is 12.0 Å². The van der Waals surface area contributed by atoms with E-state index in [1.165, 1.54) is 4.90 Å². The summed E-state index contributed by atoms with van der Waals surface area (Å²) in [6, 6.07) is 6.61. The van der Waals surface area contributed by atoms with E-state index in [-0.39, 0.29) is 18.5 Å². The summed E-state index contributed by atoms with van der Waals surface area (Å²) in [5.41, 5.74) is 0.918. The second-order valence-corrected chi connectivity index (χ2v) is 5.07. The first-order valence-electron chi connectivity index (χ1n) is 6.40.